The average molecular weight is 336 g/mol. The zero-order valence-corrected chi connectivity index (χ0v) is 11.9. The first-order chi connectivity index (χ1) is 8.38. The van der Waals surface area contributed by atoms with Crippen molar-refractivity contribution in [3.63, 3.8) is 0 Å². The van der Waals surface area contributed by atoms with Crippen LogP contribution in [0.3, 0.4) is 0 Å². The van der Waals surface area contributed by atoms with Crippen molar-refractivity contribution >= 4 is 32.0 Å². The molecule has 1 aromatic carbocycles. The molecule has 0 spiro atoms. The second kappa shape index (κ2) is 6.83. The molecule has 0 aliphatic carbocycles. The predicted molar refractivity (Wildman–Crippen MR) is 72.2 cm³/mol. The van der Waals surface area contributed by atoms with Gasteiger partial charge in [-0.1, -0.05) is 22.0 Å². The van der Waals surface area contributed by atoms with Gasteiger partial charge in [0, 0.05) is 23.1 Å². The van der Waals surface area contributed by atoms with Crippen molar-refractivity contribution in [3.8, 4) is 0 Å². The third-order valence-electron chi connectivity index (χ3n) is 2.03. The first kappa shape index (κ1) is 15.1. The van der Waals surface area contributed by atoms with Gasteiger partial charge >= 0.3 is 0 Å². The Kier molecular flexibility index (Phi) is 5.73. The number of rotatable bonds is 6. The van der Waals surface area contributed by atoms with Gasteiger partial charge in [0.2, 0.25) is 0 Å². The van der Waals surface area contributed by atoms with Crippen molar-refractivity contribution in [1.29, 1.82) is 0 Å². The van der Waals surface area contributed by atoms with E-state index < -0.39 is 10.2 Å². The fraction of sp³-hybridized carbons (Fsp3) is 0.300. The summed E-state index contributed by atoms with van der Waals surface area (Å²) in [6.07, 6.45) is 0.468. The molecule has 0 aliphatic rings. The van der Waals surface area contributed by atoms with E-state index in [0.29, 0.717) is 18.5 Å². The molecule has 8 heteroatoms. The van der Waals surface area contributed by atoms with E-state index in [1.807, 2.05) is 6.07 Å². The summed E-state index contributed by atoms with van der Waals surface area (Å²) in [5.74, 6) is -0.202. The van der Waals surface area contributed by atoms with Crippen molar-refractivity contribution < 1.29 is 13.2 Å². The molecule has 0 aliphatic heterocycles. The minimum Gasteiger partial charge on any atom is -0.352 e. The van der Waals surface area contributed by atoms with E-state index in [9.17, 15) is 13.2 Å². The highest BCUT2D eigenvalue weighted by Gasteiger charge is 2.05. The number of hydrogen-bond acceptors (Lipinski definition) is 3. The molecule has 0 aromatic heterocycles. The molecule has 0 atom stereocenters. The van der Waals surface area contributed by atoms with Crippen LogP contribution in [0.1, 0.15) is 16.8 Å². The SMILES string of the molecule is NS(=O)(=O)NCCCNC(=O)c1cccc(Br)c1. The molecule has 100 valence electrons. The standard InChI is InChI=1S/C10H14BrN3O3S/c11-9-4-1-3-8(7-9)10(15)13-5-2-6-14-18(12,16)17/h1,3-4,7,14H,2,5-6H2,(H,13,15)(H2,12,16,17). The molecule has 18 heavy (non-hydrogen) atoms. The van der Waals surface area contributed by atoms with Crippen LogP contribution in [0.2, 0.25) is 0 Å². The zero-order chi connectivity index (χ0) is 13.6. The van der Waals surface area contributed by atoms with Gasteiger partial charge in [-0.15, -0.1) is 0 Å². The lowest BCUT2D eigenvalue weighted by molar-refractivity contribution is 0.0953. The Bertz CT molecular complexity index is 519. The predicted octanol–water partition coefficient (Wildman–Crippen LogP) is 0.362. The monoisotopic (exact) mass is 335 g/mol. The van der Waals surface area contributed by atoms with Crippen LogP contribution in [-0.2, 0) is 10.2 Å². The fourth-order valence-corrected chi connectivity index (χ4v) is 2.06. The Hall–Kier alpha value is -0.960. The Morgan fingerprint density at radius 3 is 2.67 bits per heavy atom. The molecule has 1 amide bonds. The topological polar surface area (TPSA) is 101 Å². The quantitative estimate of drug-likeness (QED) is 0.654. The summed E-state index contributed by atoms with van der Waals surface area (Å²) in [4.78, 5) is 11.7. The molecular weight excluding hydrogens is 322 g/mol. The van der Waals surface area contributed by atoms with E-state index in [0.717, 1.165) is 4.47 Å². The summed E-state index contributed by atoms with van der Waals surface area (Å²) in [6, 6.07) is 7.00. The number of benzene rings is 1. The molecule has 0 bridgehead atoms. The van der Waals surface area contributed by atoms with Gasteiger partial charge in [0.25, 0.3) is 16.1 Å². The summed E-state index contributed by atoms with van der Waals surface area (Å²) in [7, 11) is -3.65. The van der Waals surface area contributed by atoms with Crippen LogP contribution in [0.5, 0.6) is 0 Å². The van der Waals surface area contributed by atoms with Crippen molar-refractivity contribution in [3.05, 3.63) is 34.3 Å². The molecule has 0 radical (unpaired) electrons. The first-order valence-corrected chi connectivity index (χ1v) is 7.53. The Morgan fingerprint density at radius 2 is 2.06 bits per heavy atom. The highest BCUT2D eigenvalue weighted by atomic mass is 79.9. The molecule has 0 saturated heterocycles. The van der Waals surface area contributed by atoms with Crippen molar-refractivity contribution in [2.24, 2.45) is 5.14 Å². The number of carbonyl (C=O) groups is 1. The smallest absolute Gasteiger partial charge is 0.274 e. The number of nitrogens with one attached hydrogen (secondary N) is 2. The minimum absolute atomic E-state index is 0.192. The fourth-order valence-electron chi connectivity index (χ4n) is 1.24. The van der Waals surface area contributed by atoms with Gasteiger partial charge in [-0.25, -0.2) is 9.86 Å². The molecule has 0 fully saturated rings. The van der Waals surface area contributed by atoms with Crippen LogP contribution in [-0.4, -0.2) is 27.4 Å². The van der Waals surface area contributed by atoms with Crippen LogP contribution >= 0.6 is 15.9 Å². The van der Waals surface area contributed by atoms with Crippen LogP contribution in [0.4, 0.5) is 0 Å². The van der Waals surface area contributed by atoms with Gasteiger partial charge in [-0.05, 0) is 24.6 Å². The van der Waals surface area contributed by atoms with E-state index >= 15 is 0 Å². The second-order valence-corrected chi connectivity index (χ2v) is 5.85. The molecule has 4 N–H and O–H groups in total. The zero-order valence-electron chi connectivity index (χ0n) is 9.52. The molecule has 6 nitrogen and oxygen atoms in total. The van der Waals surface area contributed by atoms with Crippen molar-refractivity contribution in [2.75, 3.05) is 13.1 Å². The van der Waals surface area contributed by atoms with E-state index in [1.165, 1.54) is 0 Å². The van der Waals surface area contributed by atoms with Gasteiger partial charge < -0.3 is 5.32 Å². The summed E-state index contributed by atoms with van der Waals surface area (Å²) in [5, 5.41) is 7.43. The number of halogens is 1. The van der Waals surface area contributed by atoms with Crippen LogP contribution < -0.4 is 15.2 Å². The number of carbonyl (C=O) groups excluding carboxylic acids is 1. The van der Waals surface area contributed by atoms with Crippen LogP contribution in [0.25, 0.3) is 0 Å². The third-order valence-corrected chi connectivity index (χ3v) is 3.13. The number of nitrogens with two attached hydrogens (primary N) is 1. The maximum atomic E-state index is 11.7. The van der Waals surface area contributed by atoms with E-state index in [1.54, 1.807) is 18.2 Å². The largest absolute Gasteiger partial charge is 0.352 e. The highest BCUT2D eigenvalue weighted by Crippen LogP contribution is 2.11. The Balaban J connectivity index is 2.30. The van der Waals surface area contributed by atoms with Gasteiger partial charge in [0.1, 0.15) is 0 Å². The first-order valence-electron chi connectivity index (χ1n) is 5.19. The van der Waals surface area contributed by atoms with Gasteiger partial charge in [0.05, 0.1) is 0 Å². The molecule has 0 heterocycles. The minimum atomic E-state index is -3.65. The van der Waals surface area contributed by atoms with E-state index in [4.69, 9.17) is 5.14 Å². The summed E-state index contributed by atoms with van der Waals surface area (Å²) in [5.41, 5.74) is 0.545. The lowest BCUT2D eigenvalue weighted by Gasteiger charge is -2.05. The average Bonchev–Trinajstić information content (AvgIpc) is 2.26. The summed E-state index contributed by atoms with van der Waals surface area (Å²) >= 11 is 3.27. The Morgan fingerprint density at radius 1 is 1.33 bits per heavy atom. The van der Waals surface area contributed by atoms with E-state index in [2.05, 4.69) is 26.0 Å². The van der Waals surface area contributed by atoms with Gasteiger partial charge in [-0.2, -0.15) is 8.42 Å². The normalized spacial score (nSPS) is 11.2. The summed E-state index contributed by atoms with van der Waals surface area (Å²) < 4.78 is 24.1. The third kappa shape index (κ3) is 6.10. The van der Waals surface area contributed by atoms with Crippen molar-refractivity contribution in [2.45, 2.75) is 6.42 Å². The second-order valence-electron chi connectivity index (χ2n) is 3.56. The van der Waals surface area contributed by atoms with Crippen molar-refractivity contribution in [1.82, 2.24) is 10.0 Å². The van der Waals surface area contributed by atoms with Gasteiger partial charge in [0.15, 0.2) is 0 Å². The van der Waals surface area contributed by atoms with Gasteiger partial charge in [-0.3, -0.25) is 4.79 Å². The maximum absolute atomic E-state index is 11.7. The molecular formula is C10H14BrN3O3S. The Labute approximate surface area is 114 Å². The van der Waals surface area contributed by atoms with Crippen LogP contribution in [0, 0.1) is 0 Å². The maximum Gasteiger partial charge on any atom is 0.274 e. The molecule has 0 saturated carbocycles. The van der Waals surface area contributed by atoms with Crippen LogP contribution in [0.15, 0.2) is 28.7 Å². The highest BCUT2D eigenvalue weighted by molar-refractivity contribution is 9.10. The molecule has 1 rings (SSSR count). The lowest BCUT2D eigenvalue weighted by atomic mass is 10.2. The number of hydrogen-bond donors (Lipinski definition) is 3. The summed E-state index contributed by atoms with van der Waals surface area (Å²) in [6.45, 7) is 0.561. The molecule has 0 unspecified atom stereocenters. The molecule has 1 aromatic rings. The number of amides is 1. The lowest BCUT2D eigenvalue weighted by Crippen LogP contribution is -2.33. The van der Waals surface area contributed by atoms with E-state index in [-0.39, 0.29) is 12.5 Å².